The van der Waals surface area contributed by atoms with Crippen molar-refractivity contribution in [2.45, 2.75) is 52.7 Å². The number of benzene rings is 2. The van der Waals surface area contributed by atoms with Gasteiger partial charge in [0.05, 0.1) is 16.9 Å². The van der Waals surface area contributed by atoms with Gasteiger partial charge in [0, 0.05) is 0 Å². The Hall–Kier alpha value is -2.99. The normalized spacial score (nSPS) is 13.3. The second kappa shape index (κ2) is 10.4. The third kappa shape index (κ3) is 5.79. The minimum absolute atomic E-state index is 0.0590. The average molecular weight is 422 g/mol. The van der Waals surface area contributed by atoms with Gasteiger partial charge in [-0.3, -0.25) is 9.59 Å². The van der Waals surface area contributed by atoms with Crippen LogP contribution in [0.1, 0.15) is 63.0 Å². The fourth-order valence-corrected chi connectivity index (χ4v) is 3.56. The molecule has 0 aliphatic carbocycles. The molecule has 0 saturated carbocycles. The van der Waals surface area contributed by atoms with Crippen LogP contribution in [-0.4, -0.2) is 22.5 Å². The van der Waals surface area contributed by atoms with Crippen molar-refractivity contribution in [3.05, 3.63) is 75.8 Å². The minimum atomic E-state index is -0.214. The lowest BCUT2D eigenvalue weighted by Gasteiger charge is -2.23. The maximum Gasteiger partial charge on any atom is 0.258 e. The number of nitrogens with one attached hydrogen (secondary N) is 2. The molecule has 164 valence electrons. The van der Waals surface area contributed by atoms with E-state index in [9.17, 15) is 9.59 Å². The van der Waals surface area contributed by atoms with Gasteiger partial charge in [0.25, 0.3) is 5.56 Å². The van der Waals surface area contributed by atoms with E-state index in [1.54, 1.807) is 18.2 Å². The predicted molar refractivity (Wildman–Crippen MR) is 123 cm³/mol. The summed E-state index contributed by atoms with van der Waals surface area (Å²) < 4.78 is 5.52. The highest BCUT2D eigenvalue weighted by atomic mass is 16.5. The number of amides is 1. The van der Waals surface area contributed by atoms with E-state index in [1.807, 2.05) is 6.07 Å². The van der Waals surface area contributed by atoms with Crippen LogP contribution in [0.4, 0.5) is 0 Å². The van der Waals surface area contributed by atoms with Gasteiger partial charge in [-0.1, -0.05) is 64.1 Å². The fourth-order valence-electron chi connectivity index (χ4n) is 3.56. The Morgan fingerprint density at radius 3 is 2.42 bits per heavy atom. The molecular weight excluding hydrogens is 390 g/mol. The van der Waals surface area contributed by atoms with Crippen molar-refractivity contribution >= 4 is 16.8 Å². The smallest absolute Gasteiger partial charge is 0.258 e. The second-order valence-electron chi connectivity index (χ2n) is 8.29. The summed E-state index contributed by atoms with van der Waals surface area (Å²) in [5.74, 6) is 0.951. The van der Waals surface area contributed by atoms with Crippen molar-refractivity contribution in [2.24, 2.45) is 5.92 Å². The van der Waals surface area contributed by atoms with Crippen LogP contribution in [0.25, 0.3) is 10.9 Å². The number of carbonyl (C=O) groups excluding carboxylic acids is 1. The minimum Gasteiger partial charge on any atom is -0.364 e. The summed E-state index contributed by atoms with van der Waals surface area (Å²) in [6.45, 7) is 8.51. The summed E-state index contributed by atoms with van der Waals surface area (Å²) in [6, 6.07) is 15.5. The first-order valence-corrected chi connectivity index (χ1v) is 10.8. The quantitative estimate of drug-likeness (QED) is 0.534. The van der Waals surface area contributed by atoms with Crippen LogP contribution in [0.15, 0.2) is 53.3 Å². The van der Waals surface area contributed by atoms with Gasteiger partial charge >= 0.3 is 0 Å². The number of hydrogen-bond acceptors (Lipinski definition) is 4. The van der Waals surface area contributed by atoms with Crippen LogP contribution in [-0.2, 0) is 16.1 Å². The monoisotopic (exact) mass is 421 g/mol. The van der Waals surface area contributed by atoms with Crippen molar-refractivity contribution in [1.82, 2.24) is 15.3 Å². The van der Waals surface area contributed by atoms with E-state index in [0.717, 1.165) is 12.0 Å². The van der Waals surface area contributed by atoms with E-state index in [-0.39, 0.29) is 36.6 Å². The molecule has 3 aromatic rings. The zero-order chi connectivity index (χ0) is 22.4. The molecule has 2 atom stereocenters. The Balaban J connectivity index is 1.59. The lowest BCUT2D eigenvalue weighted by Crippen LogP contribution is -2.34. The number of nitrogens with zero attached hydrogens (tertiary/aromatic N) is 1. The molecule has 0 radical (unpaired) electrons. The highest BCUT2D eigenvalue weighted by molar-refractivity contribution is 5.78. The van der Waals surface area contributed by atoms with Crippen LogP contribution < -0.4 is 10.9 Å². The van der Waals surface area contributed by atoms with Crippen LogP contribution in [0, 0.1) is 5.92 Å². The van der Waals surface area contributed by atoms with E-state index in [4.69, 9.17) is 4.74 Å². The van der Waals surface area contributed by atoms with Crippen molar-refractivity contribution in [2.75, 3.05) is 6.61 Å². The van der Waals surface area contributed by atoms with Crippen LogP contribution in [0.3, 0.4) is 0 Å². The summed E-state index contributed by atoms with van der Waals surface area (Å²) in [4.78, 5) is 31.7. The summed E-state index contributed by atoms with van der Waals surface area (Å²) >= 11 is 0. The molecular formula is C25H31N3O3. The maximum atomic E-state index is 12.5. The van der Waals surface area contributed by atoms with Gasteiger partial charge in [-0.15, -0.1) is 0 Å². The number of para-hydroxylation sites is 1. The SMILES string of the molecule is CC[C@@H](C)c1ccc([C@H](NC(=O)COCc2nc3ccccc3c(=O)[nH]2)C(C)C)cc1. The summed E-state index contributed by atoms with van der Waals surface area (Å²) in [5.41, 5.74) is 2.78. The highest BCUT2D eigenvalue weighted by Crippen LogP contribution is 2.25. The molecule has 0 aliphatic heterocycles. The zero-order valence-electron chi connectivity index (χ0n) is 18.6. The summed E-state index contributed by atoms with van der Waals surface area (Å²) in [6.07, 6.45) is 1.10. The zero-order valence-corrected chi connectivity index (χ0v) is 18.6. The molecule has 2 N–H and O–H groups in total. The first kappa shape index (κ1) is 22.7. The van der Waals surface area contributed by atoms with Crippen LogP contribution >= 0.6 is 0 Å². The molecule has 0 bridgehead atoms. The lowest BCUT2D eigenvalue weighted by molar-refractivity contribution is -0.127. The van der Waals surface area contributed by atoms with Crippen molar-refractivity contribution in [1.29, 1.82) is 0 Å². The number of fused-ring (bicyclic) bond motifs is 1. The maximum absolute atomic E-state index is 12.5. The largest absolute Gasteiger partial charge is 0.364 e. The molecule has 2 aromatic carbocycles. The van der Waals surface area contributed by atoms with Gasteiger partial charge in [-0.25, -0.2) is 4.98 Å². The molecule has 31 heavy (non-hydrogen) atoms. The van der Waals surface area contributed by atoms with Gasteiger partial charge in [-0.2, -0.15) is 0 Å². The van der Waals surface area contributed by atoms with Gasteiger partial charge < -0.3 is 15.0 Å². The molecule has 0 spiro atoms. The van der Waals surface area contributed by atoms with E-state index in [2.05, 4.69) is 67.2 Å². The average Bonchev–Trinajstić information content (AvgIpc) is 2.77. The number of H-pyrrole nitrogens is 1. The number of rotatable bonds is 9. The van der Waals surface area contributed by atoms with E-state index >= 15 is 0 Å². The molecule has 1 aromatic heterocycles. The Bertz CT molecular complexity index is 1070. The molecule has 0 aliphatic rings. The Labute approximate surface area is 183 Å². The third-order valence-electron chi connectivity index (χ3n) is 5.59. The third-order valence-corrected chi connectivity index (χ3v) is 5.59. The number of carbonyl (C=O) groups is 1. The first-order valence-electron chi connectivity index (χ1n) is 10.8. The van der Waals surface area contributed by atoms with Gasteiger partial charge in [0.2, 0.25) is 5.91 Å². The predicted octanol–water partition coefficient (Wildman–Crippen LogP) is 4.47. The lowest BCUT2D eigenvalue weighted by atomic mass is 9.92. The fraction of sp³-hybridized carbons (Fsp3) is 0.400. The molecule has 6 nitrogen and oxygen atoms in total. The molecule has 3 rings (SSSR count). The van der Waals surface area contributed by atoms with E-state index < -0.39 is 0 Å². The standard InChI is InChI=1S/C25H31N3O3/c1-5-17(4)18-10-12-19(13-11-18)24(16(2)3)28-23(29)15-31-14-22-26-21-9-7-6-8-20(21)25(30)27-22/h6-13,16-17,24H,5,14-15H2,1-4H3,(H,28,29)(H,26,27,30)/t17-,24-/m1/s1. The van der Waals surface area contributed by atoms with Gasteiger partial charge in [0.15, 0.2) is 0 Å². The molecule has 1 heterocycles. The summed E-state index contributed by atoms with van der Waals surface area (Å²) in [5, 5.41) is 3.60. The number of ether oxygens (including phenoxy) is 1. The number of hydrogen-bond donors (Lipinski definition) is 2. The summed E-state index contributed by atoms with van der Waals surface area (Å²) in [7, 11) is 0. The van der Waals surface area contributed by atoms with E-state index in [1.165, 1.54) is 5.56 Å². The van der Waals surface area contributed by atoms with Crippen molar-refractivity contribution < 1.29 is 9.53 Å². The molecule has 0 unspecified atom stereocenters. The van der Waals surface area contributed by atoms with E-state index in [0.29, 0.717) is 22.6 Å². The van der Waals surface area contributed by atoms with Crippen molar-refractivity contribution in [3.8, 4) is 0 Å². The number of aromatic nitrogens is 2. The van der Waals surface area contributed by atoms with Crippen molar-refractivity contribution in [3.63, 3.8) is 0 Å². The second-order valence-corrected chi connectivity index (χ2v) is 8.29. The van der Waals surface area contributed by atoms with Crippen LogP contribution in [0.2, 0.25) is 0 Å². The Kier molecular flexibility index (Phi) is 7.58. The first-order chi connectivity index (χ1) is 14.9. The Morgan fingerprint density at radius 1 is 1.06 bits per heavy atom. The topological polar surface area (TPSA) is 84.1 Å². The molecule has 6 heteroatoms. The molecule has 0 fully saturated rings. The van der Waals surface area contributed by atoms with Crippen LogP contribution in [0.5, 0.6) is 0 Å². The number of aromatic amines is 1. The van der Waals surface area contributed by atoms with Gasteiger partial charge in [-0.05, 0) is 41.5 Å². The molecule has 1 amide bonds. The Morgan fingerprint density at radius 2 is 1.74 bits per heavy atom. The highest BCUT2D eigenvalue weighted by Gasteiger charge is 2.19. The van der Waals surface area contributed by atoms with Gasteiger partial charge in [0.1, 0.15) is 19.0 Å². The molecule has 0 saturated heterocycles.